The smallest absolute Gasteiger partial charge is 0.185 e. The van der Waals surface area contributed by atoms with Gasteiger partial charge in [-0.3, -0.25) is 4.79 Å². The van der Waals surface area contributed by atoms with Gasteiger partial charge in [0.2, 0.25) is 0 Å². The average Bonchev–Trinajstić information content (AvgIpc) is 2.71. The second-order valence-electron chi connectivity index (χ2n) is 3.73. The highest BCUT2D eigenvalue weighted by atomic mass is 16.1. The van der Waals surface area contributed by atoms with Crippen LogP contribution in [0, 0.1) is 0 Å². The Hall–Kier alpha value is -1.12. The van der Waals surface area contributed by atoms with Crippen LogP contribution in [0.15, 0.2) is 6.20 Å². The molecule has 0 saturated heterocycles. The van der Waals surface area contributed by atoms with Crippen molar-refractivity contribution < 1.29 is 4.79 Å². The molecule has 1 aliphatic carbocycles. The number of aryl methyl sites for hydroxylation is 1. The maximum absolute atomic E-state index is 10.6. The molecule has 0 atom stereocenters. The highest BCUT2D eigenvalue weighted by molar-refractivity contribution is 5.69. The van der Waals surface area contributed by atoms with Gasteiger partial charge in [-0.25, -0.2) is 4.98 Å². The van der Waals surface area contributed by atoms with E-state index in [0.717, 1.165) is 12.0 Å². The van der Waals surface area contributed by atoms with Gasteiger partial charge < -0.3 is 4.57 Å². The van der Waals surface area contributed by atoms with Crippen molar-refractivity contribution in [2.45, 2.75) is 31.6 Å². The molecule has 1 aromatic heterocycles. The zero-order valence-electron chi connectivity index (χ0n) is 7.86. The molecule has 2 rings (SSSR count). The second-order valence-corrected chi connectivity index (χ2v) is 3.73. The Balaban J connectivity index is 2.24. The fraction of sp³-hybridized carbons (Fsp3) is 0.600. The summed E-state index contributed by atoms with van der Waals surface area (Å²) in [7, 11) is 1.87. The van der Waals surface area contributed by atoms with Gasteiger partial charge in [0, 0.05) is 19.2 Å². The second kappa shape index (κ2) is 3.32. The molecule has 3 nitrogen and oxygen atoms in total. The molecule has 13 heavy (non-hydrogen) atoms. The Morgan fingerprint density at radius 2 is 2.23 bits per heavy atom. The van der Waals surface area contributed by atoms with E-state index >= 15 is 0 Å². The Morgan fingerprint density at radius 1 is 1.54 bits per heavy atom. The first-order chi connectivity index (χ1) is 6.31. The number of aldehydes is 1. The average molecular weight is 178 g/mol. The number of nitrogens with zero attached hydrogens (tertiary/aromatic N) is 2. The highest BCUT2D eigenvalue weighted by Crippen LogP contribution is 2.33. The largest absolute Gasteiger partial charge is 0.332 e. The van der Waals surface area contributed by atoms with E-state index < -0.39 is 0 Å². The van der Waals surface area contributed by atoms with E-state index in [-0.39, 0.29) is 0 Å². The molecule has 0 spiro atoms. The van der Waals surface area contributed by atoms with Crippen LogP contribution in [0.25, 0.3) is 0 Å². The van der Waals surface area contributed by atoms with Crippen LogP contribution in [0.1, 0.15) is 47.9 Å². The molecule has 1 aliphatic rings. The van der Waals surface area contributed by atoms with Crippen molar-refractivity contribution in [1.82, 2.24) is 9.55 Å². The molecular formula is C10H14N2O. The van der Waals surface area contributed by atoms with Crippen molar-refractivity contribution in [2.75, 3.05) is 0 Å². The van der Waals surface area contributed by atoms with Gasteiger partial charge in [0.15, 0.2) is 12.1 Å². The van der Waals surface area contributed by atoms with Gasteiger partial charge in [0.1, 0.15) is 0 Å². The number of hydrogen-bond acceptors (Lipinski definition) is 2. The number of imidazole rings is 1. The minimum absolute atomic E-state index is 0.543. The van der Waals surface area contributed by atoms with Gasteiger partial charge in [0.25, 0.3) is 0 Å². The molecule has 0 unspecified atom stereocenters. The van der Waals surface area contributed by atoms with Crippen molar-refractivity contribution in [3.05, 3.63) is 17.7 Å². The first-order valence-corrected chi connectivity index (χ1v) is 4.79. The number of carbonyl (C=O) groups is 1. The van der Waals surface area contributed by atoms with E-state index in [4.69, 9.17) is 0 Å². The van der Waals surface area contributed by atoms with Crippen LogP contribution in [0.3, 0.4) is 0 Å². The number of rotatable bonds is 2. The topological polar surface area (TPSA) is 34.9 Å². The van der Waals surface area contributed by atoms with Gasteiger partial charge in [0.05, 0.1) is 5.69 Å². The molecule has 1 heterocycles. The molecule has 1 aromatic rings. The third-order valence-corrected chi connectivity index (χ3v) is 2.81. The molecule has 0 bridgehead atoms. The van der Waals surface area contributed by atoms with Crippen molar-refractivity contribution in [1.29, 1.82) is 0 Å². The molecule has 0 aliphatic heterocycles. The zero-order chi connectivity index (χ0) is 9.26. The Kier molecular flexibility index (Phi) is 2.17. The summed E-state index contributed by atoms with van der Waals surface area (Å²) < 4.78 is 1.81. The molecule has 0 amide bonds. The lowest BCUT2D eigenvalue weighted by Gasteiger charge is -2.02. The summed E-state index contributed by atoms with van der Waals surface area (Å²) >= 11 is 0. The van der Waals surface area contributed by atoms with Crippen LogP contribution in [0.4, 0.5) is 0 Å². The van der Waals surface area contributed by atoms with Crippen molar-refractivity contribution in [2.24, 2.45) is 7.05 Å². The Morgan fingerprint density at radius 3 is 2.77 bits per heavy atom. The third kappa shape index (κ3) is 1.50. The third-order valence-electron chi connectivity index (χ3n) is 2.81. The summed E-state index contributed by atoms with van der Waals surface area (Å²) in [6.45, 7) is 0. The molecule has 70 valence electrons. The van der Waals surface area contributed by atoms with Gasteiger partial charge in [-0.2, -0.15) is 0 Å². The molecule has 0 aromatic carbocycles. The van der Waals surface area contributed by atoms with Crippen molar-refractivity contribution in [3.8, 4) is 0 Å². The normalized spacial score (nSPS) is 17.9. The van der Waals surface area contributed by atoms with E-state index in [0.29, 0.717) is 11.7 Å². The predicted molar refractivity (Wildman–Crippen MR) is 49.8 cm³/mol. The molecule has 1 fully saturated rings. The SMILES string of the molecule is Cn1cc(C2CCCC2)nc1C=O. The molecular weight excluding hydrogens is 164 g/mol. The lowest BCUT2D eigenvalue weighted by Crippen LogP contribution is -1.93. The number of aromatic nitrogens is 2. The Labute approximate surface area is 77.8 Å². The number of hydrogen-bond donors (Lipinski definition) is 0. The van der Waals surface area contributed by atoms with Gasteiger partial charge >= 0.3 is 0 Å². The summed E-state index contributed by atoms with van der Waals surface area (Å²) in [6, 6.07) is 0. The van der Waals surface area contributed by atoms with Crippen LogP contribution in [0.2, 0.25) is 0 Å². The van der Waals surface area contributed by atoms with Crippen LogP contribution in [-0.4, -0.2) is 15.8 Å². The molecule has 0 N–H and O–H groups in total. The van der Waals surface area contributed by atoms with Gasteiger partial charge in [-0.05, 0) is 12.8 Å². The lowest BCUT2D eigenvalue weighted by atomic mass is 10.1. The monoisotopic (exact) mass is 178 g/mol. The van der Waals surface area contributed by atoms with Gasteiger partial charge in [-0.1, -0.05) is 12.8 Å². The van der Waals surface area contributed by atoms with E-state index in [1.807, 2.05) is 13.2 Å². The standard InChI is InChI=1S/C10H14N2O/c1-12-6-9(11-10(12)7-13)8-4-2-3-5-8/h6-8H,2-5H2,1H3. The van der Waals surface area contributed by atoms with E-state index in [1.54, 1.807) is 4.57 Å². The fourth-order valence-electron chi connectivity index (χ4n) is 2.03. The highest BCUT2D eigenvalue weighted by Gasteiger charge is 2.20. The van der Waals surface area contributed by atoms with Crippen LogP contribution in [0.5, 0.6) is 0 Å². The van der Waals surface area contributed by atoms with E-state index in [1.165, 1.54) is 25.7 Å². The summed E-state index contributed by atoms with van der Waals surface area (Å²) in [6.07, 6.45) is 7.87. The minimum Gasteiger partial charge on any atom is -0.332 e. The summed E-state index contributed by atoms with van der Waals surface area (Å²) in [4.78, 5) is 14.9. The first-order valence-electron chi connectivity index (χ1n) is 4.79. The quantitative estimate of drug-likeness (QED) is 0.648. The van der Waals surface area contributed by atoms with E-state index in [9.17, 15) is 4.79 Å². The maximum atomic E-state index is 10.6. The lowest BCUT2D eigenvalue weighted by molar-refractivity contribution is 0.111. The van der Waals surface area contributed by atoms with Crippen molar-refractivity contribution in [3.63, 3.8) is 0 Å². The van der Waals surface area contributed by atoms with Crippen LogP contribution >= 0.6 is 0 Å². The number of carbonyl (C=O) groups excluding carboxylic acids is 1. The summed E-state index contributed by atoms with van der Waals surface area (Å²) in [5.41, 5.74) is 1.10. The first kappa shape index (κ1) is 8.48. The zero-order valence-corrected chi connectivity index (χ0v) is 7.86. The molecule has 3 heteroatoms. The van der Waals surface area contributed by atoms with E-state index in [2.05, 4.69) is 4.98 Å². The van der Waals surface area contributed by atoms with Crippen LogP contribution in [-0.2, 0) is 7.05 Å². The van der Waals surface area contributed by atoms with Crippen molar-refractivity contribution >= 4 is 6.29 Å². The summed E-state index contributed by atoms with van der Waals surface area (Å²) in [5, 5.41) is 0. The summed E-state index contributed by atoms with van der Waals surface area (Å²) in [5.74, 6) is 1.14. The van der Waals surface area contributed by atoms with Crippen LogP contribution < -0.4 is 0 Å². The Bertz CT molecular complexity index is 311. The minimum atomic E-state index is 0.543. The molecule has 0 radical (unpaired) electrons. The fourth-order valence-corrected chi connectivity index (χ4v) is 2.03. The van der Waals surface area contributed by atoms with Gasteiger partial charge in [-0.15, -0.1) is 0 Å². The predicted octanol–water partition coefficient (Wildman–Crippen LogP) is 1.89. The molecule has 1 saturated carbocycles. The maximum Gasteiger partial charge on any atom is 0.185 e.